The molecule has 0 saturated carbocycles. The number of aromatic amines is 1. The fraction of sp³-hybridized carbons (Fsp3) is 0.182. The second-order valence-corrected chi connectivity index (χ2v) is 8.01. The number of rotatable bonds is 9. The van der Waals surface area contributed by atoms with Crippen molar-refractivity contribution < 1.29 is 9.59 Å². The zero-order valence-electron chi connectivity index (χ0n) is 16.6. The van der Waals surface area contributed by atoms with Crippen molar-refractivity contribution in [3.8, 4) is 0 Å². The maximum absolute atomic E-state index is 12.2. The lowest BCUT2D eigenvalue weighted by Crippen LogP contribution is -2.26. The highest BCUT2D eigenvalue weighted by atomic mass is 35.5. The molecule has 3 rings (SSSR count). The molecule has 0 saturated heterocycles. The molecule has 0 radical (unpaired) electrons. The standard InChI is InChI=1S/C22H21ClN4O3S/c23-18-9-5-4-8-16(18)13-25-21(30)14-31-22-26-17(11-20(29)27-22)10-19(28)24-12-15-6-2-1-3-7-15/h1-9,11H,10,12-14H2,(H,24,28)(H,25,30)(H,26,27,29). The van der Waals surface area contributed by atoms with Gasteiger partial charge in [0.2, 0.25) is 11.8 Å². The second kappa shape index (κ2) is 11.3. The van der Waals surface area contributed by atoms with Crippen LogP contribution >= 0.6 is 23.4 Å². The molecule has 2 aromatic carbocycles. The number of nitrogens with zero attached hydrogens (tertiary/aromatic N) is 1. The highest BCUT2D eigenvalue weighted by Crippen LogP contribution is 2.15. The lowest BCUT2D eigenvalue weighted by molar-refractivity contribution is -0.121. The summed E-state index contributed by atoms with van der Waals surface area (Å²) in [5, 5.41) is 6.44. The van der Waals surface area contributed by atoms with Gasteiger partial charge in [-0.05, 0) is 17.2 Å². The van der Waals surface area contributed by atoms with Gasteiger partial charge in [-0.2, -0.15) is 0 Å². The van der Waals surface area contributed by atoms with Crippen LogP contribution in [-0.4, -0.2) is 27.5 Å². The van der Waals surface area contributed by atoms with Crippen LogP contribution in [0.5, 0.6) is 0 Å². The average molecular weight is 457 g/mol. The summed E-state index contributed by atoms with van der Waals surface area (Å²) in [7, 11) is 0. The fourth-order valence-corrected chi connectivity index (χ4v) is 3.61. The molecule has 9 heteroatoms. The Morgan fingerprint density at radius 2 is 1.68 bits per heavy atom. The van der Waals surface area contributed by atoms with Crippen LogP contribution in [-0.2, 0) is 29.1 Å². The van der Waals surface area contributed by atoms with E-state index in [4.69, 9.17) is 11.6 Å². The van der Waals surface area contributed by atoms with Gasteiger partial charge in [0, 0.05) is 24.2 Å². The summed E-state index contributed by atoms with van der Waals surface area (Å²) in [6.45, 7) is 0.709. The number of halogens is 1. The maximum atomic E-state index is 12.2. The van der Waals surface area contributed by atoms with Crippen molar-refractivity contribution in [2.24, 2.45) is 0 Å². The maximum Gasteiger partial charge on any atom is 0.251 e. The monoisotopic (exact) mass is 456 g/mol. The van der Waals surface area contributed by atoms with Crippen molar-refractivity contribution in [3.05, 3.63) is 92.9 Å². The van der Waals surface area contributed by atoms with Crippen LogP contribution in [0.1, 0.15) is 16.8 Å². The molecule has 160 valence electrons. The zero-order valence-corrected chi connectivity index (χ0v) is 18.1. The van der Waals surface area contributed by atoms with Gasteiger partial charge in [-0.3, -0.25) is 14.4 Å². The average Bonchev–Trinajstić information content (AvgIpc) is 2.76. The number of carbonyl (C=O) groups excluding carboxylic acids is 2. The Labute approximate surface area is 188 Å². The molecule has 0 fully saturated rings. The first-order valence-electron chi connectivity index (χ1n) is 9.53. The highest BCUT2D eigenvalue weighted by Gasteiger charge is 2.10. The first-order valence-corrected chi connectivity index (χ1v) is 10.9. The number of H-pyrrole nitrogens is 1. The third-order valence-electron chi connectivity index (χ3n) is 4.22. The van der Waals surface area contributed by atoms with Gasteiger partial charge in [-0.1, -0.05) is 71.9 Å². The molecule has 0 spiro atoms. The van der Waals surface area contributed by atoms with Crippen molar-refractivity contribution >= 4 is 35.2 Å². The minimum atomic E-state index is -0.375. The Morgan fingerprint density at radius 1 is 0.968 bits per heavy atom. The highest BCUT2D eigenvalue weighted by molar-refractivity contribution is 7.99. The van der Waals surface area contributed by atoms with Crippen molar-refractivity contribution in [2.45, 2.75) is 24.7 Å². The number of hydrogen-bond donors (Lipinski definition) is 3. The van der Waals surface area contributed by atoms with Crippen LogP contribution in [0.25, 0.3) is 0 Å². The molecule has 3 aromatic rings. The lowest BCUT2D eigenvalue weighted by Gasteiger charge is -2.08. The Balaban J connectivity index is 1.49. The van der Waals surface area contributed by atoms with E-state index in [0.717, 1.165) is 22.9 Å². The van der Waals surface area contributed by atoms with Gasteiger partial charge in [0.25, 0.3) is 5.56 Å². The van der Waals surface area contributed by atoms with E-state index in [0.29, 0.717) is 23.8 Å². The third kappa shape index (κ3) is 7.58. The summed E-state index contributed by atoms with van der Waals surface area (Å²) in [4.78, 5) is 43.1. The van der Waals surface area contributed by atoms with Crippen LogP contribution in [0.3, 0.4) is 0 Å². The Morgan fingerprint density at radius 3 is 2.45 bits per heavy atom. The molecule has 1 heterocycles. The molecule has 0 aliphatic carbocycles. The van der Waals surface area contributed by atoms with Gasteiger partial charge >= 0.3 is 0 Å². The quantitative estimate of drug-likeness (QED) is 0.339. The molecule has 0 atom stereocenters. The van der Waals surface area contributed by atoms with Gasteiger partial charge in [0.05, 0.1) is 17.9 Å². The first kappa shape index (κ1) is 22.6. The number of benzene rings is 2. The van der Waals surface area contributed by atoms with E-state index >= 15 is 0 Å². The molecule has 0 unspecified atom stereocenters. The van der Waals surface area contributed by atoms with Crippen LogP contribution in [0.4, 0.5) is 0 Å². The summed E-state index contributed by atoms with van der Waals surface area (Å²) < 4.78 is 0. The molecule has 0 aliphatic heterocycles. The van der Waals surface area contributed by atoms with Crippen LogP contribution < -0.4 is 16.2 Å². The minimum absolute atomic E-state index is 0.0248. The molecule has 2 amide bonds. The molecule has 7 nitrogen and oxygen atoms in total. The topological polar surface area (TPSA) is 104 Å². The summed E-state index contributed by atoms with van der Waals surface area (Å²) in [6.07, 6.45) is -0.0248. The molecule has 3 N–H and O–H groups in total. The summed E-state index contributed by atoms with van der Waals surface area (Å²) in [5.41, 5.74) is 1.76. The Hall–Kier alpha value is -3.10. The molecule has 31 heavy (non-hydrogen) atoms. The number of thioether (sulfide) groups is 1. The Kier molecular flexibility index (Phi) is 8.26. The first-order chi connectivity index (χ1) is 15.0. The van der Waals surface area contributed by atoms with E-state index < -0.39 is 0 Å². The number of hydrogen-bond acceptors (Lipinski definition) is 5. The fourth-order valence-electron chi connectivity index (χ4n) is 2.69. The molecular formula is C22H21ClN4O3S. The molecule has 0 bridgehead atoms. The number of nitrogens with one attached hydrogen (secondary N) is 3. The number of amides is 2. The van der Waals surface area contributed by atoms with E-state index in [1.807, 2.05) is 48.5 Å². The van der Waals surface area contributed by atoms with E-state index in [-0.39, 0.29) is 34.7 Å². The van der Waals surface area contributed by atoms with Gasteiger partial charge in [0.1, 0.15) is 0 Å². The number of carbonyl (C=O) groups is 2. The van der Waals surface area contributed by atoms with Gasteiger partial charge < -0.3 is 15.6 Å². The van der Waals surface area contributed by atoms with Crippen LogP contribution in [0, 0.1) is 0 Å². The summed E-state index contributed by atoms with van der Waals surface area (Å²) >= 11 is 7.17. The van der Waals surface area contributed by atoms with E-state index in [9.17, 15) is 14.4 Å². The predicted molar refractivity (Wildman–Crippen MR) is 121 cm³/mol. The van der Waals surface area contributed by atoms with Crippen molar-refractivity contribution in [1.82, 2.24) is 20.6 Å². The van der Waals surface area contributed by atoms with Crippen molar-refractivity contribution in [3.63, 3.8) is 0 Å². The minimum Gasteiger partial charge on any atom is -0.352 e. The van der Waals surface area contributed by atoms with Gasteiger partial charge in [-0.15, -0.1) is 0 Å². The molecule has 0 aliphatic rings. The third-order valence-corrected chi connectivity index (χ3v) is 5.46. The lowest BCUT2D eigenvalue weighted by atomic mass is 10.2. The summed E-state index contributed by atoms with van der Waals surface area (Å²) in [5.74, 6) is -0.397. The van der Waals surface area contributed by atoms with Crippen LogP contribution in [0.2, 0.25) is 5.02 Å². The second-order valence-electron chi connectivity index (χ2n) is 6.64. The van der Waals surface area contributed by atoms with Crippen LogP contribution in [0.15, 0.2) is 70.6 Å². The Bertz CT molecular complexity index is 1110. The number of aromatic nitrogens is 2. The summed E-state index contributed by atoms with van der Waals surface area (Å²) in [6, 6.07) is 18.1. The largest absolute Gasteiger partial charge is 0.352 e. The SMILES string of the molecule is O=C(CSc1nc(CC(=O)NCc2ccccc2)cc(=O)[nH]1)NCc1ccccc1Cl. The van der Waals surface area contributed by atoms with E-state index in [1.165, 1.54) is 6.07 Å². The van der Waals surface area contributed by atoms with Crippen molar-refractivity contribution in [2.75, 3.05) is 5.75 Å². The molecular weight excluding hydrogens is 436 g/mol. The zero-order chi connectivity index (χ0) is 22.1. The van der Waals surface area contributed by atoms with Crippen molar-refractivity contribution in [1.29, 1.82) is 0 Å². The van der Waals surface area contributed by atoms with Gasteiger partial charge in [-0.25, -0.2) is 4.98 Å². The predicted octanol–water partition coefficient (Wildman–Crippen LogP) is 2.69. The van der Waals surface area contributed by atoms with Gasteiger partial charge in [0.15, 0.2) is 5.16 Å². The normalized spacial score (nSPS) is 10.5. The van der Waals surface area contributed by atoms with E-state index in [2.05, 4.69) is 20.6 Å². The smallest absolute Gasteiger partial charge is 0.251 e. The van der Waals surface area contributed by atoms with E-state index in [1.54, 1.807) is 6.07 Å². The molecule has 1 aromatic heterocycles.